The molecule has 0 amide bonds. The predicted molar refractivity (Wildman–Crippen MR) is 90.7 cm³/mol. The number of methoxy groups -OCH3 is 1. The van der Waals surface area contributed by atoms with E-state index in [9.17, 15) is 0 Å². The Kier molecular flexibility index (Phi) is 8.01. The van der Waals surface area contributed by atoms with Gasteiger partial charge in [-0.15, -0.1) is 0 Å². The van der Waals surface area contributed by atoms with Gasteiger partial charge in [-0.1, -0.05) is 20.8 Å². The van der Waals surface area contributed by atoms with Crippen molar-refractivity contribution in [2.24, 2.45) is 0 Å². The third-order valence-electron chi connectivity index (χ3n) is 2.34. The van der Waals surface area contributed by atoms with Crippen LogP contribution in [0.25, 0.3) is 0 Å². The summed E-state index contributed by atoms with van der Waals surface area (Å²) in [5, 5.41) is 3.95. The van der Waals surface area contributed by atoms with E-state index >= 15 is 0 Å². The summed E-state index contributed by atoms with van der Waals surface area (Å²) in [6, 6.07) is 0. The summed E-state index contributed by atoms with van der Waals surface area (Å²) >= 11 is 4.14. The Hall–Kier alpha value is -0.0800. The second-order valence-corrected chi connectivity index (χ2v) is 7.11. The van der Waals surface area contributed by atoms with Gasteiger partial charge < -0.3 is 10.1 Å². The van der Waals surface area contributed by atoms with Crippen molar-refractivity contribution >= 4 is 40.2 Å². The summed E-state index contributed by atoms with van der Waals surface area (Å²) in [5.41, 5.74) is 0.969. The first kappa shape index (κ1) is 17.0. The van der Waals surface area contributed by atoms with E-state index in [2.05, 4.69) is 58.6 Å². The number of hydrogen-bond acceptors (Lipinski definition) is 5. The topological polar surface area (TPSA) is 47.0 Å². The lowest BCUT2D eigenvalue weighted by Gasteiger charge is -2.13. The Labute approximate surface area is 133 Å². The normalized spacial score (nSPS) is 11.1. The minimum atomic E-state index is 0.529. The molecule has 0 saturated carbocycles. The van der Waals surface area contributed by atoms with Crippen molar-refractivity contribution in [1.82, 2.24) is 9.97 Å². The summed E-state index contributed by atoms with van der Waals surface area (Å²) in [5.74, 6) is 2.65. The average molecular weight is 395 g/mol. The molecule has 0 aliphatic heterocycles. The average Bonchev–Trinajstić information content (AvgIpc) is 2.38. The van der Waals surface area contributed by atoms with Crippen molar-refractivity contribution in [3.8, 4) is 0 Å². The van der Waals surface area contributed by atoms with Crippen LogP contribution in [0.3, 0.4) is 0 Å². The van der Waals surface area contributed by atoms with E-state index in [-0.39, 0.29) is 0 Å². The number of hydrogen-bond donors (Lipinski definition) is 1. The maximum atomic E-state index is 5.22. The highest BCUT2D eigenvalue weighted by atomic mass is 127. The lowest BCUT2D eigenvalue weighted by molar-refractivity contribution is 0.180. The minimum Gasteiger partial charge on any atom is -0.378 e. The van der Waals surface area contributed by atoms with Crippen LogP contribution >= 0.6 is 34.4 Å². The zero-order valence-corrected chi connectivity index (χ0v) is 15.0. The van der Waals surface area contributed by atoms with Crippen LogP contribution in [0, 0.1) is 3.57 Å². The SMILES string of the molecule is CCCNc1nc(CSC(C)C)nc(COC)c1I. The molecule has 19 heavy (non-hydrogen) atoms. The highest BCUT2D eigenvalue weighted by Gasteiger charge is 2.12. The summed E-state index contributed by atoms with van der Waals surface area (Å²) in [6.45, 7) is 7.97. The van der Waals surface area contributed by atoms with Crippen LogP contribution in [-0.2, 0) is 17.1 Å². The molecule has 0 aliphatic carbocycles. The standard InChI is InChI=1S/C13H22IN3OS/c1-5-6-15-13-12(14)10(7-18-4)16-11(17-13)8-19-9(2)3/h9H,5-8H2,1-4H3,(H,15,16,17). The quantitative estimate of drug-likeness (QED) is 0.681. The first-order valence-corrected chi connectivity index (χ1v) is 8.60. The fraction of sp³-hybridized carbons (Fsp3) is 0.692. The maximum absolute atomic E-state index is 5.22. The van der Waals surface area contributed by atoms with Crippen molar-refractivity contribution in [3.05, 3.63) is 15.1 Å². The van der Waals surface area contributed by atoms with Crippen LogP contribution in [0.5, 0.6) is 0 Å². The van der Waals surface area contributed by atoms with Crippen LogP contribution in [0.15, 0.2) is 0 Å². The smallest absolute Gasteiger partial charge is 0.143 e. The molecule has 0 saturated heterocycles. The molecule has 0 bridgehead atoms. The largest absolute Gasteiger partial charge is 0.378 e. The first-order valence-electron chi connectivity index (χ1n) is 6.48. The maximum Gasteiger partial charge on any atom is 0.143 e. The van der Waals surface area contributed by atoms with Crippen LogP contribution < -0.4 is 5.32 Å². The third-order valence-corrected chi connectivity index (χ3v) is 4.56. The van der Waals surface area contributed by atoms with Gasteiger partial charge in [-0.25, -0.2) is 9.97 Å². The molecular formula is C13H22IN3OS. The zero-order chi connectivity index (χ0) is 14.3. The lowest BCUT2D eigenvalue weighted by Crippen LogP contribution is -2.11. The van der Waals surface area contributed by atoms with Gasteiger partial charge in [-0.05, 0) is 34.3 Å². The number of nitrogens with one attached hydrogen (secondary N) is 1. The van der Waals surface area contributed by atoms with E-state index in [1.165, 1.54) is 0 Å². The van der Waals surface area contributed by atoms with Gasteiger partial charge in [0.05, 0.1) is 21.6 Å². The molecular weight excluding hydrogens is 373 g/mol. The number of rotatable bonds is 8. The van der Waals surface area contributed by atoms with E-state index in [4.69, 9.17) is 4.74 Å². The number of nitrogens with zero attached hydrogens (tertiary/aromatic N) is 2. The molecule has 1 N–H and O–H groups in total. The zero-order valence-electron chi connectivity index (χ0n) is 12.0. The van der Waals surface area contributed by atoms with Gasteiger partial charge >= 0.3 is 0 Å². The van der Waals surface area contributed by atoms with Crippen molar-refractivity contribution in [2.75, 3.05) is 19.0 Å². The van der Waals surface area contributed by atoms with E-state index in [0.717, 1.165) is 39.6 Å². The molecule has 0 fully saturated rings. The second-order valence-electron chi connectivity index (χ2n) is 4.47. The van der Waals surface area contributed by atoms with Crippen LogP contribution in [-0.4, -0.2) is 28.9 Å². The van der Waals surface area contributed by atoms with Gasteiger partial charge in [0.2, 0.25) is 0 Å². The fourth-order valence-corrected chi connectivity index (χ4v) is 2.64. The third kappa shape index (κ3) is 5.83. The second kappa shape index (κ2) is 8.97. The first-order chi connectivity index (χ1) is 9.08. The van der Waals surface area contributed by atoms with E-state index in [0.29, 0.717) is 11.9 Å². The highest BCUT2D eigenvalue weighted by molar-refractivity contribution is 14.1. The summed E-state index contributed by atoms with van der Waals surface area (Å²) in [7, 11) is 1.69. The molecule has 0 aliphatic rings. The molecule has 1 rings (SSSR count). The van der Waals surface area contributed by atoms with E-state index < -0.39 is 0 Å². The number of ether oxygens (including phenoxy) is 1. The van der Waals surface area contributed by atoms with Gasteiger partial charge in [-0.2, -0.15) is 11.8 Å². The van der Waals surface area contributed by atoms with Crippen molar-refractivity contribution in [1.29, 1.82) is 0 Å². The molecule has 4 nitrogen and oxygen atoms in total. The van der Waals surface area contributed by atoms with Crippen molar-refractivity contribution < 1.29 is 4.74 Å². The number of anilines is 1. The summed E-state index contributed by atoms with van der Waals surface area (Å²) < 4.78 is 6.28. The molecule has 1 aromatic heterocycles. The van der Waals surface area contributed by atoms with E-state index in [1.807, 2.05) is 11.8 Å². The van der Waals surface area contributed by atoms with Crippen LogP contribution in [0.1, 0.15) is 38.7 Å². The lowest BCUT2D eigenvalue weighted by atomic mass is 10.3. The Morgan fingerprint density at radius 3 is 2.68 bits per heavy atom. The fourth-order valence-electron chi connectivity index (χ4n) is 1.44. The van der Waals surface area contributed by atoms with Crippen LogP contribution in [0.2, 0.25) is 0 Å². The van der Waals surface area contributed by atoms with Gasteiger partial charge in [0.25, 0.3) is 0 Å². The van der Waals surface area contributed by atoms with Crippen molar-refractivity contribution in [3.63, 3.8) is 0 Å². The van der Waals surface area contributed by atoms with E-state index in [1.54, 1.807) is 7.11 Å². The summed E-state index contributed by atoms with van der Waals surface area (Å²) in [4.78, 5) is 9.22. The minimum absolute atomic E-state index is 0.529. The van der Waals surface area contributed by atoms with Gasteiger partial charge in [0, 0.05) is 13.7 Å². The Bertz CT molecular complexity index is 402. The molecule has 0 atom stereocenters. The number of thioether (sulfide) groups is 1. The van der Waals surface area contributed by atoms with Gasteiger partial charge in [0.1, 0.15) is 11.6 Å². The molecule has 1 heterocycles. The molecule has 0 aromatic carbocycles. The molecule has 0 unspecified atom stereocenters. The predicted octanol–water partition coefficient (Wildman–Crippen LogP) is 3.69. The van der Waals surface area contributed by atoms with Gasteiger partial charge in [0.15, 0.2) is 0 Å². The molecule has 108 valence electrons. The van der Waals surface area contributed by atoms with Crippen LogP contribution in [0.4, 0.5) is 5.82 Å². The molecule has 1 aromatic rings. The summed E-state index contributed by atoms with van der Waals surface area (Å²) in [6.07, 6.45) is 1.08. The Morgan fingerprint density at radius 1 is 1.37 bits per heavy atom. The monoisotopic (exact) mass is 395 g/mol. The molecule has 6 heteroatoms. The number of halogens is 1. The Balaban J connectivity index is 2.93. The molecule has 0 radical (unpaired) electrons. The molecule has 0 spiro atoms. The van der Waals surface area contributed by atoms with Crippen molar-refractivity contribution in [2.45, 2.75) is 44.8 Å². The Morgan fingerprint density at radius 2 is 2.11 bits per heavy atom. The van der Waals surface area contributed by atoms with Gasteiger partial charge in [-0.3, -0.25) is 0 Å². The highest BCUT2D eigenvalue weighted by Crippen LogP contribution is 2.22. The number of aromatic nitrogens is 2.